The Morgan fingerprint density at radius 2 is 2.30 bits per heavy atom. The van der Waals surface area contributed by atoms with Gasteiger partial charge >= 0.3 is 0 Å². The molecule has 0 radical (unpaired) electrons. The van der Waals surface area contributed by atoms with Crippen LogP contribution < -0.4 is 11.2 Å². The van der Waals surface area contributed by atoms with E-state index in [0.29, 0.717) is 0 Å². The van der Waals surface area contributed by atoms with Crippen LogP contribution in [0.15, 0.2) is 0 Å². The van der Waals surface area contributed by atoms with Gasteiger partial charge in [-0.25, -0.2) is 8.78 Å². The Labute approximate surface area is 56.3 Å². The fraction of sp³-hybridized carbons (Fsp3) is 0.750. The zero-order valence-electron chi connectivity index (χ0n) is 5.14. The number of nitrogens with two attached hydrogens (primary N) is 1. The number of primary amides is 1. The van der Waals surface area contributed by atoms with E-state index >= 15 is 0 Å². The molecule has 0 aliphatic carbocycles. The minimum absolute atomic E-state index is 0.396. The van der Waals surface area contributed by atoms with E-state index in [9.17, 15) is 13.6 Å². The molecule has 0 heterocycles. The SMILES string of the molecule is NC(=O)CONCC(F)F. The zero-order valence-corrected chi connectivity index (χ0v) is 5.14. The van der Waals surface area contributed by atoms with Crippen molar-refractivity contribution < 1.29 is 18.4 Å². The smallest absolute Gasteiger partial charge is 0.253 e. The molecule has 0 saturated heterocycles. The summed E-state index contributed by atoms with van der Waals surface area (Å²) in [6.45, 7) is -1.00. The van der Waals surface area contributed by atoms with Gasteiger partial charge in [0.25, 0.3) is 6.43 Å². The number of carbonyl (C=O) groups is 1. The molecule has 6 heteroatoms. The Kier molecular flexibility index (Phi) is 4.69. The van der Waals surface area contributed by atoms with Crippen LogP contribution in [0.1, 0.15) is 0 Å². The van der Waals surface area contributed by atoms with Gasteiger partial charge in [0.2, 0.25) is 5.91 Å². The fourth-order valence-electron chi connectivity index (χ4n) is 0.244. The van der Waals surface area contributed by atoms with Crippen LogP contribution >= 0.6 is 0 Å². The third kappa shape index (κ3) is 7.25. The molecule has 1 amide bonds. The van der Waals surface area contributed by atoms with Gasteiger partial charge in [0.15, 0.2) is 0 Å². The first-order valence-corrected chi connectivity index (χ1v) is 2.54. The molecule has 0 aromatic rings. The number of halogens is 2. The van der Waals surface area contributed by atoms with E-state index in [4.69, 9.17) is 0 Å². The van der Waals surface area contributed by atoms with Crippen molar-refractivity contribution in [3.63, 3.8) is 0 Å². The molecule has 0 saturated carbocycles. The predicted octanol–water partition coefficient (Wildman–Crippen LogP) is -0.742. The molecule has 0 fully saturated rings. The lowest BCUT2D eigenvalue weighted by Crippen LogP contribution is -2.27. The van der Waals surface area contributed by atoms with Crippen LogP contribution in [0.4, 0.5) is 8.78 Å². The number of rotatable bonds is 5. The lowest BCUT2D eigenvalue weighted by molar-refractivity contribution is -0.125. The average molecular weight is 154 g/mol. The number of nitrogens with one attached hydrogen (secondary N) is 1. The van der Waals surface area contributed by atoms with Gasteiger partial charge in [-0.15, -0.1) is 0 Å². The second-order valence-electron chi connectivity index (χ2n) is 1.49. The van der Waals surface area contributed by atoms with Crippen molar-refractivity contribution in [1.82, 2.24) is 5.48 Å². The van der Waals surface area contributed by atoms with Crippen molar-refractivity contribution in [2.24, 2.45) is 5.73 Å². The largest absolute Gasteiger partial charge is 0.368 e. The molecule has 3 N–H and O–H groups in total. The van der Waals surface area contributed by atoms with E-state index in [1.54, 1.807) is 0 Å². The van der Waals surface area contributed by atoms with E-state index in [1.165, 1.54) is 0 Å². The Morgan fingerprint density at radius 3 is 2.70 bits per heavy atom. The highest BCUT2D eigenvalue weighted by Gasteiger charge is 2.00. The van der Waals surface area contributed by atoms with Gasteiger partial charge in [-0.3, -0.25) is 9.63 Å². The van der Waals surface area contributed by atoms with Crippen LogP contribution in [0.5, 0.6) is 0 Å². The summed E-state index contributed by atoms with van der Waals surface area (Å²) in [5.74, 6) is -0.707. The summed E-state index contributed by atoms with van der Waals surface area (Å²) in [5.41, 5.74) is 6.48. The Bertz CT molecular complexity index is 109. The van der Waals surface area contributed by atoms with Crippen molar-refractivity contribution >= 4 is 5.91 Å². The van der Waals surface area contributed by atoms with Crippen molar-refractivity contribution in [3.05, 3.63) is 0 Å². The van der Waals surface area contributed by atoms with Gasteiger partial charge in [0.05, 0.1) is 6.54 Å². The minimum Gasteiger partial charge on any atom is -0.368 e. The maximum atomic E-state index is 11.3. The van der Waals surface area contributed by atoms with Crippen LogP contribution in [-0.2, 0) is 9.63 Å². The monoisotopic (exact) mass is 154 g/mol. The number of alkyl halides is 2. The Morgan fingerprint density at radius 1 is 1.70 bits per heavy atom. The molecule has 0 aromatic heterocycles. The molecule has 0 bridgehead atoms. The van der Waals surface area contributed by atoms with Crippen LogP contribution in [0, 0.1) is 0 Å². The fourth-order valence-corrected chi connectivity index (χ4v) is 0.244. The Balaban J connectivity index is 2.98. The summed E-state index contributed by atoms with van der Waals surface area (Å²) in [7, 11) is 0. The van der Waals surface area contributed by atoms with E-state index in [1.807, 2.05) is 5.48 Å². The second kappa shape index (κ2) is 5.07. The van der Waals surface area contributed by atoms with Gasteiger partial charge in [0, 0.05) is 0 Å². The molecule has 0 aliphatic heterocycles. The highest BCUT2D eigenvalue weighted by atomic mass is 19.3. The average Bonchev–Trinajstić information content (AvgIpc) is 1.79. The predicted molar refractivity (Wildman–Crippen MR) is 29.2 cm³/mol. The van der Waals surface area contributed by atoms with Crippen LogP contribution in [0.2, 0.25) is 0 Å². The normalized spacial score (nSPS) is 10.3. The molecule has 60 valence electrons. The quantitative estimate of drug-likeness (QED) is 0.405. The maximum Gasteiger partial charge on any atom is 0.253 e. The standard InChI is InChI=1S/C4H8F2N2O2/c5-3(6)1-8-10-2-4(7)9/h3,8H,1-2H2,(H2,7,9). The van der Waals surface area contributed by atoms with Gasteiger partial charge in [0.1, 0.15) is 6.61 Å². The zero-order chi connectivity index (χ0) is 7.98. The molecular formula is C4H8F2N2O2. The van der Waals surface area contributed by atoms with Gasteiger partial charge in [-0.1, -0.05) is 0 Å². The summed E-state index contributed by atoms with van der Waals surface area (Å²) in [6.07, 6.45) is -2.49. The van der Waals surface area contributed by atoms with Gasteiger partial charge in [-0.2, -0.15) is 5.48 Å². The molecule has 0 unspecified atom stereocenters. The van der Waals surface area contributed by atoms with Gasteiger partial charge in [-0.05, 0) is 0 Å². The maximum absolute atomic E-state index is 11.3. The van der Waals surface area contributed by atoms with Crippen molar-refractivity contribution in [3.8, 4) is 0 Å². The van der Waals surface area contributed by atoms with E-state index in [-0.39, 0.29) is 0 Å². The molecule has 0 spiro atoms. The first-order valence-electron chi connectivity index (χ1n) is 2.54. The number of hydrogen-bond acceptors (Lipinski definition) is 3. The summed E-state index contributed by atoms with van der Waals surface area (Å²) in [5, 5.41) is 0. The summed E-state index contributed by atoms with van der Waals surface area (Å²) in [6, 6.07) is 0. The molecular weight excluding hydrogens is 146 g/mol. The first kappa shape index (κ1) is 9.25. The Hall–Kier alpha value is -0.750. The molecule has 4 nitrogen and oxygen atoms in total. The van der Waals surface area contributed by atoms with Crippen molar-refractivity contribution in [2.75, 3.05) is 13.2 Å². The van der Waals surface area contributed by atoms with E-state index in [0.717, 1.165) is 0 Å². The molecule has 10 heavy (non-hydrogen) atoms. The summed E-state index contributed by atoms with van der Waals surface area (Å²) < 4.78 is 22.6. The van der Waals surface area contributed by atoms with Crippen LogP contribution in [0.3, 0.4) is 0 Å². The summed E-state index contributed by atoms with van der Waals surface area (Å²) >= 11 is 0. The molecule has 0 aliphatic rings. The lowest BCUT2D eigenvalue weighted by atomic mass is 10.7. The third-order valence-corrected chi connectivity index (χ3v) is 0.554. The highest BCUT2D eigenvalue weighted by molar-refractivity contribution is 5.74. The topological polar surface area (TPSA) is 64.4 Å². The van der Waals surface area contributed by atoms with Crippen molar-refractivity contribution in [2.45, 2.75) is 6.43 Å². The van der Waals surface area contributed by atoms with Crippen LogP contribution in [0.25, 0.3) is 0 Å². The van der Waals surface area contributed by atoms with Crippen LogP contribution in [-0.4, -0.2) is 25.5 Å². The molecule has 0 atom stereocenters. The van der Waals surface area contributed by atoms with Crippen molar-refractivity contribution in [1.29, 1.82) is 0 Å². The number of carbonyl (C=O) groups excluding carboxylic acids is 1. The highest BCUT2D eigenvalue weighted by Crippen LogP contribution is 1.86. The molecule has 0 aromatic carbocycles. The number of hydroxylamine groups is 1. The number of hydrogen-bond donors (Lipinski definition) is 2. The second-order valence-corrected chi connectivity index (χ2v) is 1.49. The molecule has 0 rings (SSSR count). The van der Waals surface area contributed by atoms with Gasteiger partial charge < -0.3 is 5.73 Å². The summed E-state index contributed by atoms with van der Waals surface area (Å²) in [4.78, 5) is 14.1. The van der Waals surface area contributed by atoms with E-state index < -0.39 is 25.5 Å². The minimum atomic E-state index is -2.49. The first-order chi connectivity index (χ1) is 4.63. The number of amides is 1. The lowest BCUT2D eigenvalue weighted by Gasteiger charge is -2.01. The van der Waals surface area contributed by atoms with E-state index in [2.05, 4.69) is 10.6 Å². The third-order valence-electron chi connectivity index (χ3n) is 0.554.